The molecule has 1 amide bonds. The fourth-order valence-corrected chi connectivity index (χ4v) is 2.85. The molecule has 1 rings (SSSR count). The van der Waals surface area contributed by atoms with E-state index in [-0.39, 0.29) is 43.0 Å². The van der Waals surface area contributed by atoms with Crippen molar-refractivity contribution in [3.63, 3.8) is 0 Å². The first-order valence-corrected chi connectivity index (χ1v) is 7.43. The van der Waals surface area contributed by atoms with E-state index in [1.54, 1.807) is 0 Å². The molecule has 0 saturated carbocycles. The van der Waals surface area contributed by atoms with Crippen LogP contribution in [0.4, 0.5) is 0 Å². The molecule has 0 bridgehead atoms. The maximum atomic E-state index is 11.8. The highest BCUT2D eigenvalue weighted by Crippen LogP contribution is 2.31. The van der Waals surface area contributed by atoms with Crippen LogP contribution in [0.5, 0.6) is 0 Å². The third-order valence-corrected chi connectivity index (χ3v) is 4.12. The van der Waals surface area contributed by atoms with Gasteiger partial charge in [-0.1, -0.05) is 23.2 Å². The summed E-state index contributed by atoms with van der Waals surface area (Å²) in [6, 6.07) is 1.74. The zero-order chi connectivity index (χ0) is 14.4. The predicted octanol–water partition coefficient (Wildman–Crippen LogP) is 3.16. The Bertz CT molecular complexity index is 466. The minimum absolute atomic E-state index is 0. The molecular formula is C12H17Cl3N2O2S. The summed E-state index contributed by atoms with van der Waals surface area (Å²) < 4.78 is 0.847. The highest BCUT2D eigenvalue weighted by atomic mass is 35.5. The molecule has 0 spiro atoms. The quantitative estimate of drug-likeness (QED) is 0.735. The van der Waals surface area contributed by atoms with Gasteiger partial charge < -0.3 is 10.6 Å². The Labute approximate surface area is 138 Å². The van der Waals surface area contributed by atoms with Gasteiger partial charge in [-0.15, -0.1) is 23.7 Å². The van der Waals surface area contributed by atoms with Gasteiger partial charge in [0.15, 0.2) is 5.78 Å². The van der Waals surface area contributed by atoms with E-state index in [0.29, 0.717) is 20.8 Å². The maximum absolute atomic E-state index is 11.8. The molecule has 0 radical (unpaired) electrons. The highest BCUT2D eigenvalue weighted by molar-refractivity contribution is 7.20. The molecule has 4 nitrogen and oxygen atoms in total. The molecule has 1 unspecified atom stereocenters. The number of ketones is 1. The van der Waals surface area contributed by atoms with E-state index >= 15 is 0 Å². The normalized spacial score (nSPS) is 11.6. The SMILES string of the molecule is CNC(C)CNC(=O)CCC(=O)c1cc(Cl)sc1Cl.Cl. The second kappa shape index (κ2) is 9.58. The lowest BCUT2D eigenvalue weighted by Gasteiger charge is -2.10. The van der Waals surface area contributed by atoms with Crippen LogP contribution in [0.1, 0.15) is 30.1 Å². The van der Waals surface area contributed by atoms with Crippen molar-refractivity contribution in [2.75, 3.05) is 13.6 Å². The van der Waals surface area contributed by atoms with Gasteiger partial charge in [0.2, 0.25) is 5.91 Å². The lowest BCUT2D eigenvalue weighted by atomic mass is 10.1. The van der Waals surface area contributed by atoms with Gasteiger partial charge in [-0.25, -0.2) is 0 Å². The summed E-state index contributed by atoms with van der Waals surface area (Å²) >= 11 is 12.8. The summed E-state index contributed by atoms with van der Waals surface area (Å²) in [5.74, 6) is -0.308. The van der Waals surface area contributed by atoms with Crippen LogP contribution in [0.2, 0.25) is 8.67 Å². The van der Waals surface area contributed by atoms with Crippen LogP contribution in [-0.2, 0) is 4.79 Å². The number of carbonyl (C=O) groups excluding carboxylic acids is 2. The zero-order valence-electron chi connectivity index (χ0n) is 11.2. The second-order valence-electron chi connectivity index (χ2n) is 4.15. The number of carbonyl (C=O) groups is 2. The third-order valence-electron chi connectivity index (χ3n) is 2.63. The molecule has 0 aliphatic carbocycles. The highest BCUT2D eigenvalue weighted by Gasteiger charge is 2.15. The molecule has 1 heterocycles. The first kappa shape index (κ1) is 19.7. The van der Waals surface area contributed by atoms with Crippen LogP contribution >= 0.6 is 46.9 Å². The van der Waals surface area contributed by atoms with Crippen molar-refractivity contribution in [1.29, 1.82) is 0 Å². The number of thiophene rings is 1. The molecule has 20 heavy (non-hydrogen) atoms. The summed E-state index contributed by atoms with van der Waals surface area (Å²) in [6.45, 7) is 2.49. The van der Waals surface area contributed by atoms with Gasteiger partial charge in [0.05, 0.1) is 4.34 Å². The molecule has 0 aliphatic rings. The molecule has 2 N–H and O–H groups in total. The van der Waals surface area contributed by atoms with Gasteiger partial charge in [-0.2, -0.15) is 0 Å². The van der Waals surface area contributed by atoms with Crippen LogP contribution in [0, 0.1) is 0 Å². The average Bonchev–Trinajstić information content (AvgIpc) is 2.72. The van der Waals surface area contributed by atoms with Crippen LogP contribution in [0.15, 0.2) is 6.07 Å². The Hall–Kier alpha value is -0.330. The predicted molar refractivity (Wildman–Crippen MR) is 86.7 cm³/mol. The fourth-order valence-electron chi connectivity index (χ4n) is 1.35. The fraction of sp³-hybridized carbons (Fsp3) is 0.500. The Morgan fingerprint density at radius 3 is 2.50 bits per heavy atom. The number of halogens is 3. The number of amides is 1. The van der Waals surface area contributed by atoms with E-state index < -0.39 is 0 Å². The number of hydrogen-bond acceptors (Lipinski definition) is 4. The van der Waals surface area contributed by atoms with E-state index in [0.717, 1.165) is 11.3 Å². The summed E-state index contributed by atoms with van der Waals surface area (Å²) in [6.07, 6.45) is 0.283. The summed E-state index contributed by atoms with van der Waals surface area (Å²) in [4.78, 5) is 23.4. The van der Waals surface area contributed by atoms with Crippen molar-refractivity contribution < 1.29 is 9.59 Å². The van der Waals surface area contributed by atoms with Gasteiger partial charge in [0, 0.05) is 31.0 Å². The van der Waals surface area contributed by atoms with Gasteiger partial charge in [0.25, 0.3) is 0 Å². The largest absolute Gasteiger partial charge is 0.355 e. The summed E-state index contributed by atoms with van der Waals surface area (Å²) in [5.41, 5.74) is 0.396. The smallest absolute Gasteiger partial charge is 0.220 e. The minimum Gasteiger partial charge on any atom is -0.355 e. The molecule has 1 aromatic rings. The number of rotatable bonds is 7. The monoisotopic (exact) mass is 358 g/mol. The maximum Gasteiger partial charge on any atom is 0.220 e. The van der Waals surface area contributed by atoms with Crippen molar-refractivity contribution in [3.05, 3.63) is 20.3 Å². The third kappa shape index (κ3) is 6.41. The number of Topliss-reactive ketones (excluding diaryl/α,β-unsaturated/α-hetero) is 1. The van der Waals surface area contributed by atoms with Crippen LogP contribution in [0.3, 0.4) is 0 Å². The van der Waals surface area contributed by atoms with E-state index in [9.17, 15) is 9.59 Å². The van der Waals surface area contributed by atoms with Crippen molar-refractivity contribution >= 4 is 58.6 Å². The number of nitrogens with one attached hydrogen (secondary N) is 2. The van der Waals surface area contributed by atoms with Crippen molar-refractivity contribution in [3.8, 4) is 0 Å². The minimum atomic E-state index is -0.162. The summed E-state index contributed by atoms with van der Waals surface area (Å²) in [7, 11) is 1.82. The van der Waals surface area contributed by atoms with Crippen LogP contribution in [0.25, 0.3) is 0 Å². The van der Waals surface area contributed by atoms with Gasteiger partial charge in [0.1, 0.15) is 4.34 Å². The zero-order valence-corrected chi connectivity index (χ0v) is 14.3. The number of hydrogen-bond donors (Lipinski definition) is 2. The van der Waals surface area contributed by atoms with E-state index in [1.807, 2.05) is 14.0 Å². The van der Waals surface area contributed by atoms with Crippen molar-refractivity contribution in [2.45, 2.75) is 25.8 Å². The lowest BCUT2D eigenvalue weighted by Crippen LogP contribution is -2.37. The molecule has 0 saturated heterocycles. The van der Waals surface area contributed by atoms with Gasteiger partial charge in [-0.05, 0) is 20.0 Å². The first-order valence-electron chi connectivity index (χ1n) is 5.86. The average molecular weight is 360 g/mol. The Morgan fingerprint density at radius 1 is 1.35 bits per heavy atom. The molecule has 0 aromatic carbocycles. The Balaban J connectivity index is 0.00000361. The number of likely N-dealkylation sites (N-methyl/N-ethyl adjacent to an activating group) is 1. The second-order valence-corrected chi connectivity index (χ2v) is 6.44. The van der Waals surface area contributed by atoms with Gasteiger partial charge >= 0.3 is 0 Å². The van der Waals surface area contributed by atoms with Crippen molar-refractivity contribution in [1.82, 2.24) is 10.6 Å². The van der Waals surface area contributed by atoms with Crippen LogP contribution < -0.4 is 10.6 Å². The van der Waals surface area contributed by atoms with E-state index in [1.165, 1.54) is 6.07 Å². The molecule has 8 heteroatoms. The Morgan fingerprint density at radius 2 is 2.00 bits per heavy atom. The topological polar surface area (TPSA) is 58.2 Å². The standard InChI is InChI=1S/C12H16Cl2N2O2S.ClH/c1-7(15-2)6-16-11(18)4-3-9(17)8-5-10(13)19-12(8)14;/h5,7,15H,3-4,6H2,1-2H3,(H,16,18);1H. The van der Waals surface area contributed by atoms with Gasteiger partial charge in [-0.3, -0.25) is 9.59 Å². The molecule has 0 aliphatic heterocycles. The van der Waals surface area contributed by atoms with Crippen LogP contribution in [-0.4, -0.2) is 31.3 Å². The Kier molecular flexibility index (Phi) is 9.42. The molecule has 0 fully saturated rings. The van der Waals surface area contributed by atoms with Crippen molar-refractivity contribution in [2.24, 2.45) is 0 Å². The van der Waals surface area contributed by atoms with E-state index in [4.69, 9.17) is 23.2 Å². The van der Waals surface area contributed by atoms with E-state index in [2.05, 4.69) is 10.6 Å². The first-order chi connectivity index (χ1) is 8.93. The molecule has 1 aromatic heterocycles. The molecule has 114 valence electrons. The lowest BCUT2D eigenvalue weighted by molar-refractivity contribution is -0.121. The summed E-state index contributed by atoms with van der Waals surface area (Å²) in [5, 5.41) is 5.76. The molecular weight excluding hydrogens is 343 g/mol. The molecule has 1 atom stereocenters.